The van der Waals surface area contributed by atoms with E-state index in [0.717, 1.165) is 11.1 Å². The lowest BCUT2D eigenvalue weighted by Crippen LogP contribution is -2.23. The van der Waals surface area contributed by atoms with Crippen LogP contribution in [0.15, 0.2) is 36.4 Å². The van der Waals surface area contributed by atoms with E-state index in [4.69, 9.17) is 19.3 Å². The molecule has 7 heteroatoms. The third kappa shape index (κ3) is 5.37. The smallest absolute Gasteiger partial charge is 0.335 e. The molecular weight excluding hydrogens is 350 g/mol. The molecule has 0 heterocycles. The summed E-state index contributed by atoms with van der Waals surface area (Å²) in [6, 6.07) is 9.98. The number of carboxylic acids is 1. The van der Waals surface area contributed by atoms with Crippen molar-refractivity contribution in [3.63, 3.8) is 0 Å². The minimum atomic E-state index is -0.969. The number of aromatic carboxylic acids is 1. The zero-order valence-electron chi connectivity index (χ0n) is 15.6. The molecule has 1 amide bonds. The fourth-order valence-corrected chi connectivity index (χ4v) is 2.58. The maximum atomic E-state index is 12.1. The lowest BCUT2D eigenvalue weighted by atomic mass is 10.1. The quantitative estimate of drug-likeness (QED) is 0.702. The molecule has 2 N–H and O–H groups in total. The Hall–Kier alpha value is -3.22. The summed E-state index contributed by atoms with van der Waals surface area (Å²) in [7, 11) is 4.64. The van der Waals surface area contributed by atoms with E-state index >= 15 is 0 Å². The van der Waals surface area contributed by atoms with Gasteiger partial charge in [0.25, 0.3) is 0 Å². The van der Waals surface area contributed by atoms with E-state index in [1.54, 1.807) is 45.6 Å². The van der Waals surface area contributed by atoms with Crippen LogP contribution in [0, 0.1) is 0 Å². The first kappa shape index (κ1) is 20.1. The average molecular weight is 373 g/mol. The third-order valence-corrected chi connectivity index (χ3v) is 4.10. The number of amides is 1. The number of carboxylic acid groups (broad SMARTS) is 1. The number of hydrogen-bond donors (Lipinski definition) is 2. The number of nitrogens with one attached hydrogen (secondary N) is 1. The Morgan fingerprint density at radius 1 is 0.926 bits per heavy atom. The Morgan fingerprint density at radius 3 is 2.07 bits per heavy atom. The fourth-order valence-electron chi connectivity index (χ4n) is 2.58. The van der Waals surface area contributed by atoms with Crippen LogP contribution in [0.2, 0.25) is 0 Å². The lowest BCUT2D eigenvalue weighted by Gasteiger charge is -2.14. The summed E-state index contributed by atoms with van der Waals surface area (Å²) in [5.74, 6) is 0.616. The monoisotopic (exact) mass is 373 g/mol. The summed E-state index contributed by atoms with van der Waals surface area (Å²) in [4.78, 5) is 23.0. The van der Waals surface area contributed by atoms with Gasteiger partial charge in [0.2, 0.25) is 5.91 Å². The maximum absolute atomic E-state index is 12.1. The van der Waals surface area contributed by atoms with Gasteiger partial charge in [-0.3, -0.25) is 4.79 Å². The molecule has 0 aromatic heterocycles. The summed E-state index contributed by atoms with van der Waals surface area (Å²) >= 11 is 0. The zero-order chi connectivity index (χ0) is 19.8. The van der Waals surface area contributed by atoms with Crippen LogP contribution in [0.25, 0.3) is 0 Å². The molecular formula is C20H23NO6. The second-order valence-electron chi connectivity index (χ2n) is 5.80. The van der Waals surface area contributed by atoms with E-state index in [9.17, 15) is 9.59 Å². The first-order chi connectivity index (χ1) is 13.0. The fraction of sp³-hybridized carbons (Fsp3) is 0.300. The van der Waals surface area contributed by atoms with Crippen molar-refractivity contribution in [1.82, 2.24) is 5.32 Å². The SMILES string of the molecule is COc1cc(OC)c(OC)cc1CNC(=O)CCc1ccc(C(=O)O)cc1. The van der Waals surface area contributed by atoms with Crippen molar-refractivity contribution < 1.29 is 28.9 Å². The molecule has 2 aromatic rings. The molecule has 144 valence electrons. The number of hydrogen-bond acceptors (Lipinski definition) is 5. The van der Waals surface area contributed by atoms with Crippen LogP contribution < -0.4 is 19.5 Å². The van der Waals surface area contributed by atoms with Crippen LogP contribution in [-0.2, 0) is 17.8 Å². The average Bonchev–Trinajstić information content (AvgIpc) is 2.70. The van der Waals surface area contributed by atoms with Gasteiger partial charge in [0.1, 0.15) is 5.75 Å². The largest absolute Gasteiger partial charge is 0.496 e. The standard InChI is InChI=1S/C20H23NO6/c1-25-16-11-18(27-3)17(26-2)10-15(16)12-21-19(22)9-6-13-4-7-14(8-5-13)20(23)24/h4-5,7-8,10-11H,6,9,12H2,1-3H3,(H,21,22)(H,23,24). The van der Waals surface area contributed by atoms with Crippen molar-refractivity contribution in [2.45, 2.75) is 19.4 Å². The van der Waals surface area contributed by atoms with Gasteiger partial charge in [0.15, 0.2) is 11.5 Å². The van der Waals surface area contributed by atoms with E-state index in [0.29, 0.717) is 36.6 Å². The first-order valence-corrected chi connectivity index (χ1v) is 8.36. The van der Waals surface area contributed by atoms with E-state index in [-0.39, 0.29) is 11.5 Å². The third-order valence-electron chi connectivity index (χ3n) is 4.10. The molecule has 0 radical (unpaired) electrons. The van der Waals surface area contributed by atoms with Crippen LogP contribution in [0.4, 0.5) is 0 Å². The van der Waals surface area contributed by atoms with E-state index in [1.165, 1.54) is 12.1 Å². The molecule has 0 saturated heterocycles. The molecule has 0 spiro atoms. The predicted octanol–water partition coefficient (Wildman–Crippen LogP) is 2.66. The highest BCUT2D eigenvalue weighted by molar-refractivity contribution is 5.87. The van der Waals surface area contributed by atoms with Gasteiger partial charge in [0.05, 0.1) is 26.9 Å². The number of benzene rings is 2. The molecule has 0 aliphatic carbocycles. The summed E-state index contributed by atoms with van der Waals surface area (Å²) in [6.45, 7) is 0.292. The van der Waals surface area contributed by atoms with Gasteiger partial charge < -0.3 is 24.6 Å². The van der Waals surface area contributed by atoms with Gasteiger partial charge >= 0.3 is 5.97 Å². The lowest BCUT2D eigenvalue weighted by molar-refractivity contribution is -0.121. The minimum absolute atomic E-state index is 0.117. The zero-order valence-corrected chi connectivity index (χ0v) is 15.6. The highest BCUT2D eigenvalue weighted by atomic mass is 16.5. The Balaban J connectivity index is 1.94. The number of aryl methyl sites for hydroxylation is 1. The van der Waals surface area contributed by atoms with Crippen LogP contribution in [0.1, 0.15) is 27.9 Å². The molecule has 0 aliphatic rings. The van der Waals surface area contributed by atoms with Gasteiger partial charge in [-0.1, -0.05) is 12.1 Å². The van der Waals surface area contributed by atoms with Gasteiger partial charge in [-0.15, -0.1) is 0 Å². The molecule has 7 nitrogen and oxygen atoms in total. The van der Waals surface area contributed by atoms with Gasteiger partial charge in [-0.2, -0.15) is 0 Å². The Labute approximate surface area is 157 Å². The summed E-state index contributed by atoms with van der Waals surface area (Å²) in [5.41, 5.74) is 1.90. The van der Waals surface area contributed by atoms with Crippen molar-refractivity contribution in [1.29, 1.82) is 0 Å². The van der Waals surface area contributed by atoms with Gasteiger partial charge in [-0.05, 0) is 30.2 Å². The molecule has 0 saturated carbocycles. The van der Waals surface area contributed by atoms with Crippen LogP contribution >= 0.6 is 0 Å². The number of ether oxygens (including phenoxy) is 3. The van der Waals surface area contributed by atoms with Crippen LogP contribution in [0.3, 0.4) is 0 Å². The normalized spacial score (nSPS) is 10.2. The molecule has 0 unspecified atom stereocenters. The highest BCUT2D eigenvalue weighted by Gasteiger charge is 2.13. The topological polar surface area (TPSA) is 94.1 Å². The maximum Gasteiger partial charge on any atom is 0.335 e. The minimum Gasteiger partial charge on any atom is -0.496 e. The molecule has 0 aliphatic heterocycles. The molecule has 27 heavy (non-hydrogen) atoms. The molecule has 0 fully saturated rings. The summed E-state index contributed by atoms with van der Waals surface area (Å²) in [6.07, 6.45) is 0.816. The molecule has 2 rings (SSSR count). The summed E-state index contributed by atoms with van der Waals surface area (Å²) < 4.78 is 15.9. The number of methoxy groups -OCH3 is 3. The van der Waals surface area contributed by atoms with E-state index in [2.05, 4.69) is 5.32 Å². The van der Waals surface area contributed by atoms with Crippen molar-refractivity contribution in [2.75, 3.05) is 21.3 Å². The predicted molar refractivity (Wildman–Crippen MR) is 99.7 cm³/mol. The molecule has 0 atom stereocenters. The van der Waals surface area contributed by atoms with Gasteiger partial charge in [0, 0.05) is 24.6 Å². The van der Waals surface area contributed by atoms with E-state index in [1.807, 2.05) is 0 Å². The van der Waals surface area contributed by atoms with Crippen LogP contribution in [-0.4, -0.2) is 38.3 Å². The van der Waals surface area contributed by atoms with Crippen molar-refractivity contribution in [3.8, 4) is 17.2 Å². The molecule has 0 bridgehead atoms. The first-order valence-electron chi connectivity index (χ1n) is 8.36. The van der Waals surface area contributed by atoms with Crippen molar-refractivity contribution in [3.05, 3.63) is 53.1 Å². The van der Waals surface area contributed by atoms with Crippen molar-refractivity contribution >= 4 is 11.9 Å². The Bertz CT molecular complexity index is 801. The number of rotatable bonds is 9. The number of carbonyl (C=O) groups excluding carboxylic acids is 1. The van der Waals surface area contributed by atoms with Gasteiger partial charge in [-0.25, -0.2) is 4.79 Å². The van der Waals surface area contributed by atoms with Crippen molar-refractivity contribution in [2.24, 2.45) is 0 Å². The summed E-state index contributed by atoms with van der Waals surface area (Å²) in [5, 5.41) is 11.7. The number of carbonyl (C=O) groups is 2. The second-order valence-corrected chi connectivity index (χ2v) is 5.80. The Morgan fingerprint density at radius 2 is 1.52 bits per heavy atom. The Kier molecular flexibility index (Phi) is 7.05. The van der Waals surface area contributed by atoms with E-state index < -0.39 is 5.97 Å². The second kappa shape index (κ2) is 9.47. The van der Waals surface area contributed by atoms with Crippen LogP contribution in [0.5, 0.6) is 17.2 Å². The highest BCUT2D eigenvalue weighted by Crippen LogP contribution is 2.34. The molecule has 2 aromatic carbocycles.